The van der Waals surface area contributed by atoms with Crippen LogP contribution in [-0.2, 0) is 22.2 Å². The van der Waals surface area contributed by atoms with Gasteiger partial charge in [0.25, 0.3) is 0 Å². The monoisotopic (exact) mass is 392 g/mol. The molecule has 1 unspecified atom stereocenters. The second-order valence-electron chi connectivity index (χ2n) is 6.78. The molecule has 0 aromatic heterocycles. The number of hydrogen-bond donors (Lipinski definition) is 1. The quantitative estimate of drug-likeness (QED) is 0.563. The average Bonchev–Trinajstić information content (AvgIpc) is 2.77. The number of fused-ring (bicyclic) bond motifs is 1. The molecular weight excluding hydrogens is 369 g/mol. The van der Waals surface area contributed by atoms with Crippen LogP contribution in [0.2, 0.25) is 13.1 Å². The normalized spacial score (nSPS) is 15.6. The second-order valence-corrected chi connectivity index (χ2v) is 19.8. The molecule has 0 saturated heterocycles. The first-order valence-corrected chi connectivity index (χ1v) is 14.5. The zero-order valence-electron chi connectivity index (χ0n) is 13.8. The second kappa shape index (κ2) is 8.70. The summed E-state index contributed by atoms with van der Waals surface area (Å²) in [7, 11) is 0. The van der Waals surface area contributed by atoms with E-state index in [-0.39, 0.29) is 36.1 Å². The largest absolute Gasteiger partial charge is 1.00 e. The predicted octanol–water partition coefficient (Wildman–Crippen LogP) is -2.56. The molecule has 1 atom stereocenters. The van der Waals surface area contributed by atoms with E-state index in [9.17, 15) is 4.79 Å². The Hall–Kier alpha value is -0.0588. The van der Waals surface area contributed by atoms with Crippen LogP contribution < -0.4 is 28.6 Å². The maximum absolute atomic E-state index is 12.4. The standard InChI is InChI=1S/C9H7.C5H11NO.C2H7Si.2ClH.Ti/c1-2-5-9-7-3-6-8(9)4-1;1-5(2,3)4(6)7;1-3-2;;;/h1-7H;1-3H3,(H2,6,7);3H,1-2H3;2*1H;/q;;;;;+3/p-3. The number of amides is 1. The Morgan fingerprint density at radius 2 is 1.77 bits per heavy atom. The number of halogens is 2. The summed E-state index contributed by atoms with van der Waals surface area (Å²) >= 11 is -1.62. The molecule has 1 aliphatic carbocycles. The van der Waals surface area contributed by atoms with Crippen molar-refractivity contribution >= 4 is 18.6 Å². The molecule has 1 aliphatic rings. The van der Waals surface area contributed by atoms with E-state index in [0.717, 1.165) is 0 Å². The van der Waals surface area contributed by atoms with Crippen LogP contribution in [0.25, 0.3) is 6.08 Å². The Labute approximate surface area is 153 Å². The van der Waals surface area contributed by atoms with E-state index in [1.165, 1.54) is 11.1 Å². The van der Waals surface area contributed by atoms with E-state index in [2.05, 4.69) is 53.3 Å². The molecule has 1 amide bonds. The van der Waals surface area contributed by atoms with Gasteiger partial charge in [0, 0.05) is 0 Å². The maximum Gasteiger partial charge on any atom is -1.00 e. The molecule has 0 fully saturated rings. The van der Waals surface area contributed by atoms with E-state index in [1.807, 2.05) is 20.8 Å². The summed E-state index contributed by atoms with van der Waals surface area (Å²) in [6.07, 6.45) is 4.56. The third kappa shape index (κ3) is 4.97. The van der Waals surface area contributed by atoms with Crippen LogP contribution in [-0.4, -0.2) is 12.6 Å². The van der Waals surface area contributed by atoms with Crippen molar-refractivity contribution in [1.82, 2.24) is 3.80 Å². The van der Waals surface area contributed by atoms with Crippen LogP contribution in [0.15, 0.2) is 30.3 Å². The number of carbonyl (C=O) groups is 1. The van der Waals surface area contributed by atoms with Gasteiger partial charge in [-0.2, -0.15) is 0 Å². The third-order valence-corrected chi connectivity index (χ3v) is 15.5. The van der Waals surface area contributed by atoms with Gasteiger partial charge in [0.1, 0.15) is 0 Å². The molecule has 1 aromatic rings. The summed E-state index contributed by atoms with van der Waals surface area (Å²) in [5.41, 5.74) is 2.48. The maximum atomic E-state index is 12.4. The van der Waals surface area contributed by atoms with E-state index in [1.54, 1.807) is 0 Å². The minimum Gasteiger partial charge on any atom is -1.00 e. The summed E-state index contributed by atoms with van der Waals surface area (Å²) in [6, 6.07) is 8.61. The summed E-state index contributed by atoms with van der Waals surface area (Å²) in [6.45, 7) is 9.92. The van der Waals surface area contributed by atoms with Crippen LogP contribution in [0, 0.1) is 5.41 Å². The first kappa shape index (κ1) is 21.9. The van der Waals surface area contributed by atoms with Gasteiger partial charge in [0.15, 0.2) is 0 Å². The molecule has 0 radical (unpaired) electrons. The van der Waals surface area contributed by atoms with Gasteiger partial charge < -0.3 is 24.8 Å². The Bertz CT molecular complexity index is 543. The topological polar surface area (TPSA) is 29.1 Å². The molecule has 2 rings (SSSR count). The van der Waals surface area contributed by atoms with Crippen molar-refractivity contribution in [3.05, 3.63) is 41.5 Å². The Balaban J connectivity index is 0.00000220. The van der Waals surface area contributed by atoms with Crippen LogP contribution in [0.3, 0.4) is 0 Å². The molecule has 0 saturated carbocycles. The Morgan fingerprint density at radius 3 is 2.32 bits per heavy atom. The van der Waals surface area contributed by atoms with Crippen molar-refractivity contribution in [3.8, 4) is 0 Å². The van der Waals surface area contributed by atoms with Crippen molar-refractivity contribution in [2.45, 2.75) is 38.1 Å². The molecular formula is C16H24Cl2NOSiTi. The number of benzene rings is 1. The van der Waals surface area contributed by atoms with Gasteiger partial charge in [-0.25, -0.2) is 0 Å². The van der Waals surface area contributed by atoms with Gasteiger partial charge in [-0.1, -0.05) is 0 Å². The summed E-state index contributed by atoms with van der Waals surface area (Å²) in [4.78, 5) is 12.4. The van der Waals surface area contributed by atoms with Crippen molar-refractivity contribution in [2.24, 2.45) is 5.41 Å². The number of allylic oxidation sites excluding steroid dienone is 1. The fourth-order valence-electron chi connectivity index (χ4n) is 2.42. The smallest absolute Gasteiger partial charge is 1.00 e. The van der Waals surface area contributed by atoms with E-state index in [4.69, 9.17) is 0 Å². The van der Waals surface area contributed by atoms with Crippen molar-refractivity contribution in [2.75, 3.05) is 0 Å². The van der Waals surface area contributed by atoms with E-state index < -0.39 is 24.0 Å². The third-order valence-electron chi connectivity index (χ3n) is 3.70. The molecule has 0 bridgehead atoms. The minimum atomic E-state index is -1.62. The summed E-state index contributed by atoms with van der Waals surface area (Å²) < 4.78 is 3.98. The average molecular weight is 393 g/mol. The van der Waals surface area contributed by atoms with Gasteiger partial charge in [0.05, 0.1) is 0 Å². The molecule has 0 heterocycles. The Kier molecular flexibility index (Phi) is 8.67. The SMILES string of the molecule is C[SiH](C)[Ti+2]([NH]C(=O)C(C)(C)C)[CH]1C=Cc2ccccc21.[Cl-].[Cl-]. The van der Waals surface area contributed by atoms with Crippen molar-refractivity contribution in [3.63, 3.8) is 0 Å². The molecule has 1 aromatic carbocycles. The van der Waals surface area contributed by atoms with E-state index >= 15 is 0 Å². The number of hydrogen-bond acceptors (Lipinski definition) is 1. The summed E-state index contributed by atoms with van der Waals surface area (Å²) in [5, 5.41) is 0. The van der Waals surface area contributed by atoms with Crippen molar-refractivity contribution in [1.29, 1.82) is 0 Å². The molecule has 1 N–H and O–H groups in total. The molecule has 22 heavy (non-hydrogen) atoms. The number of carbonyl (C=O) groups excluding carboxylic acids is 1. The van der Waals surface area contributed by atoms with Gasteiger partial charge >= 0.3 is 130 Å². The number of rotatable bonds is 3. The fraction of sp³-hybridized carbons (Fsp3) is 0.438. The summed E-state index contributed by atoms with van der Waals surface area (Å²) in [5.74, 6) is 0.228. The Morgan fingerprint density at radius 1 is 1.18 bits per heavy atom. The molecule has 6 heteroatoms. The van der Waals surface area contributed by atoms with Crippen LogP contribution in [0.5, 0.6) is 0 Å². The van der Waals surface area contributed by atoms with Crippen LogP contribution in [0.4, 0.5) is 0 Å². The van der Waals surface area contributed by atoms with Gasteiger partial charge in [-0.05, 0) is 0 Å². The predicted molar refractivity (Wildman–Crippen MR) is 84.7 cm³/mol. The zero-order valence-corrected chi connectivity index (χ0v) is 18.0. The fourth-order valence-corrected chi connectivity index (χ4v) is 12.5. The van der Waals surface area contributed by atoms with Gasteiger partial charge in [-0.15, -0.1) is 0 Å². The molecule has 121 valence electrons. The number of nitrogens with one attached hydrogen (secondary N) is 1. The molecule has 0 aliphatic heterocycles. The van der Waals surface area contributed by atoms with Crippen LogP contribution >= 0.6 is 0 Å². The zero-order chi connectivity index (χ0) is 14.9. The molecule has 2 nitrogen and oxygen atoms in total. The van der Waals surface area contributed by atoms with Crippen molar-refractivity contribution < 1.29 is 47.0 Å². The first-order chi connectivity index (χ1) is 9.30. The van der Waals surface area contributed by atoms with Gasteiger partial charge in [-0.3, -0.25) is 0 Å². The van der Waals surface area contributed by atoms with E-state index in [0.29, 0.717) is 4.22 Å². The first-order valence-electron chi connectivity index (χ1n) is 7.26. The van der Waals surface area contributed by atoms with Gasteiger partial charge in [0.2, 0.25) is 0 Å². The van der Waals surface area contributed by atoms with Crippen LogP contribution in [0.1, 0.15) is 36.1 Å². The molecule has 0 spiro atoms. The minimum absolute atomic E-state index is 0.